The first-order chi connectivity index (χ1) is 8.10. The van der Waals surface area contributed by atoms with Gasteiger partial charge in [-0.05, 0) is 18.3 Å². The minimum absolute atomic E-state index is 0.111. The summed E-state index contributed by atoms with van der Waals surface area (Å²) < 4.78 is 16.0. The number of hydrogen-bond acceptors (Lipinski definition) is 4. The lowest BCUT2D eigenvalue weighted by Gasteiger charge is -2.35. The van der Waals surface area contributed by atoms with E-state index in [1.54, 1.807) is 20.3 Å². The van der Waals surface area contributed by atoms with Gasteiger partial charge in [0, 0.05) is 27.1 Å². The fourth-order valence-electron chi connectivity index (χ4n) is 2.13. The minimum Gasteiger partial charge on any atom is -0.393 e. The van der Waals surface area contributed by atoms with Gasteiger partial charge in [0.05, 0.1) is 6.10 Å². The van der Waals surface area contributed by atoms with Gasteiger partial charge in [0.15, 0.2) is 12.6 Å². The molecule has 0 aromatic rings. The number of hydrogen-bond donors (Lipinski definition) is 1. The highest BCUT2D eigenvalue weighted by Gasteiger charge is 2.31. The predicted octanol–water partition coefficient (Wildman–Crippen LogP) is 1.93. The van der Waals surface area contributed by atoms with Gasteiger partial charge in [-0.3, -0.25) is 0 Å². The summed E-state index contributed by atoms with van der Waals surface area (Å²) in [6.07, 6.45) is 3.30. The van der Waals surface area contributed by atoms with Crippen molar-refractivity contribution in [2.75, 3.05) is 14.2 Å². The standard InChI is InChI=1S/C13H24O4/c1-5-9(2)11(14)6-10-7-12(15-3)17-13(8-10)16-4/h5,9-14H,1,6-8H2,2-4H3/t9-,11-,12+,13+/m1/s1. The first kappa shape index (κ1) is 14.6. The van der Waals surface area contributed by atoms with Gasteiger partial charge in [0.25, 0.3) is 0 Å². The van der Waals surface area contributed by atoms with Gasteiger partial charge >= 0.3 is 0 Å². The zero-order valence-electron chi connectivity index (χ0n) is 11.0. The highest BCUT2D eigenvalue weighted by molar-refractivity contribution is 4.83. The average Bonchev–Trinajstić information content (AvgIpc) is 2.36. The van der Waals surface area contributed by atoms with Crippen LogP contribution in [0, 0.1) is 11.8 Å². The number of aliphatic hydroxyl groups excluding tert-OH is 1. The van der Waals surface area contributed by atoms with Crippen molar-refractivity contribution >= 4 is 0 Å². The first-order valence-electron chi connectivity index (χ1n) is 6.12. The van der Waals surface area contributed by atoms with E-state index in [-0.39, 0.29) is 24.6 Å². The molecule has 0 radical (unpaired) electrons. The molecule has 1 fully saturated rings. The molecule has 1 N–H and O–H groups in total. The summed E-state index contributed by atoms with van der Waals surface area (Å²) in [5.41, 5.74) is 0. The Hall–Kier alpha value is -0.420. The van der Waals surface area contributed by atoms with Crippen LogP contribution in [0.3, 0.4) is 0 Å². The fourth-order valence-corrected chi connectivity index (χ4v) is 2.13. The first-order valence-corrected chi connectivity index (χ1v) is 6.12. The lowest BCUT2D eigenvalue weighted by Crippen LogP contribution is -2.36. The molecule has 0 spiro atoms. The van der Waals surface area contributed by atoms with E-state index >= 15 is 0 Å². The van der Waals surface area contributed by atoms with Crippen molar-refractivity contribution in [2.45, 2.75) is 44.9 Å². The van der Waals surface area contributed by atoms with E-state index in [1.165, 1.54) is 0 Å². The molecule has 0 unspecified atom stereocenters. The second-order valence-corrected chi connectivity index (χ2v) is 4.70. The minimum atomic E-state index is -0.356. The molecule has 0 amide bonds. The second kappa shape index (κ2) is 7.11. The molecule has 0 aliphatic carbocycles. The molecule has 1 saturated heterocycles. The van der Waals surface area contributed by atoms with E-state index < -0.39 is 0 Å². The smallest absolute Gasteiger partial charge is 0.160 e. The van der Waals surface area contributed by atoms with Crippen molar-refractivity contribution in [3.05, 3.63) is 12.7 Å². The van der Waals surface area contributed by atoms with Crippen LogP contribution in [-0.2, 0) is 14.2 Å². The fraction of sp³-hybridized carbons (Fsp3) is 0.846. The summed E-state index contributed by atoms with van der Waals surface area (Å²) in [4.78, 5) is 0. The van der Waals surface area contributed by atoms with Gasteiger partial charge in [0.2, 0.25) is 0 Å². The van der Waals surface area contributed by atoms with Gasteiger partial charge in [-0.2, -0.15) is 0 Å². The molecule has 0 saturated carbocycles. The van der Waals surface area contributed by atoms with Gasteiger partial charge in [0.1, 0.15) is 0 Å². The summed E-state index contributed by atoms with van der Waals surface area (Å²) in [6.45, 7) is 5.67. The Labute approximate surface area is 104 Å². The van der Waals surface area contributed by atoms with E-state index in [2.05, 4.69) is 6.58 Å². The SMILES string of the molecule is C=C[C@@H](C)[C@H](O)CC1C[C@@H](OC)O[C@H](OC)C1. The zero-order valence-corrected chi connectivity index (χ0v) is 11.0. The molecule has 0 bridgehead atoms. The summed E-state index contributed by atoms with van der Waals surface area (Å²) in [7, 11) is 3.26. The lowest BCUT2D eigenvalue weighted by molar-refractivity contribution is -0.264. The predicted molar refractivity (Wildman–Crippen MR) is 65.4 cm³/mol. The van der Waals surface area contributed by atoms with Crippen molar-refractivity contribution in [3.63, 3.8) is 0 Å². The van der Waals surface area contributed by atoms with Crippen LogP contribution in [0.2, 0.25) is 0 Å². The molecule has 4 heteroatoms. The lowest BCUT2D eigenvalue weighted by atomic mass is 9.88. The van der Waals surface area contributed by atoms with Crippen LogP contribution < -0.4 is 0 Å². The highest BCUT2D eigenvalue weighted by Crippen LogP contribution is 2.30. The molecular formula is C13H24O4. The maximum Gasteiger partial charge on any atom is 0.160 e. The molecule has 0 aromatic carbocycles. The quantitative estimate of drug-likeness (QED) is 0.725. The van der Waals surface area contributed by atoms with E-state index in [9.17, 15) is 5.11 Å². The van der Waals surface area contributed by atoms with Crippen LogP contribution in [-0.4, -0.2) is 38.0 Å². The molecule has 1 rings (SSSR count). The molecule has 17 heavy (non-hydrogen) atoms. The van der Waals surface area contributed by atoms with Crippen LogP contribution in [0.1, 0.15) is 26.2 Å². The largest absolute Gasteiger partial charge is 0.393 e. The Morgan fingerprint density at radius 2 is 1.88 bits per heavy atom. The number of methoxy groups -OCH3 is 2. The monoisotopic (exact) mass is 244 g/mol. The van der Waals surface area contributed by atoms with Crippen molar-refractivity contribution in [2.24, 2.45) is 11.8 Å². The van der Waals surface area contributed by atoms with E-state index in [1.807, 2.05) is 6.92 Å². The second-order valence-electron chi connectivity index (χ2n) is 4.70. The zero-order chi connectivity index (χ0) is 12.8. The third-order valence-corrected chi connectivity index (χ3v) is 3.43. The number of ether oxygens (including phenoxy) is 3. The van der Waals surface area contributed by atoms with Crippen molar-refractivity contribution in [3.8, 4) is 0 Å². The normalized spacial score (nSPS) is 33.1. The number of aliphatic hydroxyl groups is 1. The van der Waals surface area contributed by atoms with E-state index in [0.717, 1.165) is 19.3 Å². The molecule has 1 aliphatic rings. The highest BCUT2D eigenvalue weighted by atomic mass is 16.8. The Morgan fingerprint density at radius 1 is 1.35 bits per heavy atom. The van der Waals surface area contributed by atoms with Crippen molar-refractivity contribution in [1.82, 2.24) is 0 Å². The molecule has 1 aliphatic heterocycles. The Balaban J connectivity index is 2.48. The van der Waals surface area contributed by atoms with Gasteiger partial charge < -0.3 is 19.3 Å². The summed E-state index contributed by atoms with van der Waals surface area (Å²) in [6, 6.07) is 0. The summed E-state index contributed by atoms with van der Waals surface area (Å²) in [5.74, 6) is 0.468. The Kier molecular flexibility index (Phi) is 6.12. The molecule has 0 aromatic heterocycles. The maximum absolute atomic E-state index is 9.99. The number of rotatable bonds is 6. The van der Waals surface area contributed by atoms with E-state index in [0.29, 0.717) is 5.92 Å². The van der Waals surface area contributed by atoms with Crippen LogP contribution in [0.4, 0.5) is 0 Å². The molecule has 4 nitrogen and oxygen atoms in total. The van der Waals surface area contributed by atoms with Gasteiger partial charge in [-0.1, -0.05) is 13.0 Å². The maximum atomic E-state index is 9.99. The molecule has 1 heterocycles. The van der Waals surface area contributed by atoms with Crippen molar-refractivity contribution < 1.29 is 19.3 Å². The third kappa shape index (κ3) is 4.39. The van der Waals surface area contributed by atoms with Crippen LogP contribution in [0.15, 0.2) is 12.7 Å². The van der Waals surface area contributed by atoms with Crippen LogP contribution in [0.25, 0.3) is 0 Å². The summed E-state index contributed by atoms with van der Waals surface area (Å²) in [5, 5.41) is 9.99. The molecular weight excluding hydrogens is 220 g/mol. The van der Waals surface area contributed by atoms with Crippen molar-refractivity contribution in [1.29, 1.82) is 0 Å². The Bertz CT molecular complexity index is 219. The molecule has 4 atom stereocenters. The van der Waals surface area contributed by atoms with Crippen LogP contribution in [0.5, 0.6) is 0 Å². The van der Waals surface area contributed by atoms with E-state index in [4.69, 9.17) is 14.2 Å². The third-order valence-electron chi connectivity index (χ3n) is 3.43. The summed E-state index contributed by atoms with van der Waals surface area (Å²) >= 11 is 0. The Morgan fingerprint density at radius 3 is 2.29 bits per heavy atom. The van der Waals surface area contributed by atoms with Gasteiger partial charge in [-0.15, -0.1) is 6.58 Å². The van der Waals surface area contributed by atoms with Crippen LogP contribution >= 0.6 is 0 Å². The van der Waals surface area contributed by atoms with Gasteiger partial charge in [-0.25, -0.2) is 0 Å². The topological polar surface area (TPSA) is 47.9 Å². The average molecular weight is 244 g/mol. The molecule has 100 valence electrons.